The standard InChI is InChI=1S/C19H19N5O3/c20-6-10-26-16-4-2-8-22-17(16)19(25)24-9-5-15-14(12-24)23-18(27-15)13-3-1-7-21-11-13/h1-4,7-8,11H,5-6,9-10,12,20H2. The average molecular weight is 365 g/mol. The van der Waals surface area contributed by atoms with Gasteiger partial charge in [-0.1, -0.05) is 0 Å². The van der Waals surface area contributed by atoms with Gasteiger partial charge in [-0.3, -0.25) is 9.78 Å². The zero-order valence-corrected chi connectivity index (χ0v) is 14.7. The van der Waals surface area contributed by atoms with Gasteiger partial charge in [-0.2, -0.15) is 0 Å². The molecule has 0 aromatic carbocycles. The van der Waals surface area contributed by atoms with Crippen LogP contribution >= 0.6 is 0 Å². The van der Waals surface area contributed by atoms with Crippen molar-refractivity contribution in [2.75, 3.05) is 19.7 Å². The number of ether oxygens (including phenoxy) is 1. The van der Waals surface area contributed by atoms with Gasteiger partial charge in [0.15, 0.2) is 11.4 Å². The minimum atomic E-state index is -0.195. The first-order valence-electron chi connectivity index (χ1n) is 8.72. The normalized spacial score (nSPS) is 13.3. The van der Waals surface area contributed by atoms with E-state index >= 15 is 0 Å². The van der Waals surface area contributed by atoms with Crippen molar-refractivity contribution in [1.82, 2.24) is 19.9 Å². The highest BCUT2D eigenvalue weighted by Crippen LogP contribution is 2.27. The van der Waals surface area contributed by atoms with Gasteiger partial charge >= 0.3 is 0 Å². The zero-order valence-electron chi connectivity index (χ0n) is 14.7. The highest BCUT2D eigenvalue weighted by Gasteiger charge is 2.28. The summed E-state index contributed by atoms with van der Waals surface area (Å²) >= 11 is 0. The molecule has 0 fully saturated rings. The molecule has 0 spiro atoms. The number of oxazole rings is 1. The number of amides is 1. The predicted octanol–water partition coefficient (Wildman–Crippen LogP) is 1.67. The summed E-state index contributed by atoms with van der Waals surface area (Å²) in [4.78, 5) is 27.5. The van der Waals surface area contributed by atoms with Gasteiger partial charge in [0.25, 0.3) is 5.91 Å². The van der Waals surface area contributed by atoms with Crippen LogP contribution in [0.4, 0.5) is 0 Å². The molecule has 0 bridgehead atoms. The summed E-state index contributed by atoms with van der Waals surface area (Å²) in [5.41, 5.74) is 7.34. The van der Waals surface area contributed by atoms with Gasteiger partial charge in [-0.25, -0.2) is 9.97 Å². The quantitative estimate of drug-likeness (QED) is 0.733. The molecule has 3 aromatic heterocycles. The maximum Gasteiger partial charge on any atom is 0.276 e. The number of fused-ring (bicyclic) bond motifs is 1. The second kappa shape index (κ2) is 7.55. The Balaban J connectivity index is 1.55. The molecule has 3 aromatic rings. The van der Waals surface area contributed by atoms with Gasteiger partial charge in [-0.05, 0) is 24.3 Å². The Labute approximate surface area is 156 Å². The number of carbonyl (C=O) groups is 1. The molecule has 138 valence electrons. The molecular weight excluding hydrogens is 346 g/mol. The van der Waals surface area contributed by atoms with Crippen LogP contribution in [-0.4, -0.2) is 45.5 Å². The molecular formula is C19H19N5O3. The lowest BCUT2D eigenvalue weighted by atomic mass is 10.1. The molecule has 2 N–H and O–H groups in total. The Kier molecular flexibility index (Phi) is 4.80. The second-order valence-corrected chi connectivity index (χ2v) is 6.09. The smallest absolute Gasteiger partial charge is 0.276 e. The maximum absolute atomic E-state index is 13.0. The number of hydrogen-bond donors (Lipinski definition) is 1. The first-order chi connectivity index (χ1) is 13.3. The van der Waals surface area contributed by atoms with E-state index in [0.29, 0.717) is 44.3 Å². The fourth-order valence-electron chi connectivity index (χ4n) is 2.97. The summed E-state index contributed by atoms with van der Waals surface area (Å²) in [5, 5.41) is 0. The number of nitrogens with zero attached hydrogens (tertiary/aromatic N) is 4. The number of rotatable bonds is 5. The van der Waals surface area contributed by atoms with Crippen molar-refractivity contribution in [3.05, 3.63) is 60.0 Å². The van der Waals surface area contributed by atoms with Crippen molar-refractivity contribution in [2.24, 2.45) is 5.73 Å². The summed E-state index contributed by atoms with van der Waals surface area (Å²) in [6.07, 6.45) is 5.58. The molecule has 8 nitrogen and oxygen atoms in total. The molecule has 4 heterocycles. The lowest BCUT2D eigenvalue weighted by Crippen LogP contribution is -2.36. The Morgan fingerprint density at radius 2 is 2.19 bits per heavy atom. The van der Waals surface area contributed by atoms with Crippen LogP contribution in [0.2, 0.25) is 0 Å². The summed E-state index contributed by atoms with van der Waals surface area (Å²) in [5.74, 6) is 1.57. The molecule has 1 aliphatic heterocycles. The Morgan fingerprint density at radius 3 is 3.00 bits per heavy atom. The van der Waals surface area contributed by atoms with Crippen molar-refractivity contribution in [3.63, 3.8) is 0 Å². The van der Waals surface area contributed by atoms with Gasteiger partial charge in [0.05, 0.1) is 12.1 Å². The highest BCUT2D eigenvalue weighted by molar-refractivity contribution is 5.95. The topological polar surface area (TPSA) is 107 Å². The van der Waals surface area contributed by atoms with Crippen molar-refractivity contribution < 1.29 is 13.9 Å². The number of nitrogens with two attached hydrogens (primary N) is 1. The Morgan fingerprint density at radius 1 is 1.30 bits per heavy atom. The fourth-order valence-corrected chi connectivity index (χ4v) is 2.97. The summed E-state index contributed by atoms with van der Waals surface area (Å²) < 4.78 is 11.4. The van der Waals surface area contributed by atoms with Crippen LogP contribution in [0, 0.1) is 0 Å². The highest BCUT2D eigenvalue weighted by atomic mass is 16.5. The van der Waals surface area contributed by atoms with E-state index in [-0.39, 0.29) is 11.6 Å². The lowest BCUT2D eigenvalue weighted by molar-refractivity contribution is 0.0717. The van der Waals surface area contributed by atoms with E-state index < -0.39 is 0 Å². The van der Waals surface area contributed by atoms with Crippen molar-refractivity contribution in [1.29, 1.82) is 0 Å². The predicted molar refractivity (Wildman–Crippen MR) is 97.0 cm³/mol. The van der Waals surface area contributed by atoms with Crippen molar-refractivity contribution in [2.45, 2.75) is 13.0 Å². The minimum Gasteiger partial charge on any atom is -0.490 e. The van der Waals surface area contributed by atoms with Crippen LogP contribution in [0.1, 0.15) is 21.9 Å². The van der Waals surface area contributed by atoms with E-state index in [2.05, 4.69) is 15.0 Å². The summed E-state index contributed by atoms with van der Waals surface area (Å²) in [7, 11) is 0. The summed E-state index contributed by atoms with van der Waals surface area (Å²) in [6.45, 7) is 1.59. The molecule has 1 aliphatic rings. The van der Waals surface area contributed by atoms with Gasteiger partial charge in [-0.15, -0.1) is 0 Å². The van der Waals surface area contributed by atoms with E-state index in [1.54, 1.807) is 35.6 Å². The molecule has 27 heavy (non-hydrogen) atoms. The number of hydrogen-bond acceptors (Lipinski definition) is 7. The Hall–Kier alpha value is -3.26. The molecule has 8 heteroatoms. The molecule has 0 saturated heterocycles. The van der Waals surface area contributed by atoms with Crippen LogP contribution in [0.5, 0.6) is 5.75 Å². The molecule has 0 saturated carbocycles. The van der Waals surface area contributed by atoms with E-state index in [4.69, 9.17) is 14.9 Å². The molecule has 0 unspecified atom stereocenters. The Bertz CT molecular complexity index is 942. The number of aromatic nitrogens is 3. The van der Waals surface area contributed by atoms with Crippen LogP contribution in [0.25, 0.3) is 11.5 Å². The number of carbonyl (C=O) groups excluding carboxylic acids is 1. The van der Waals surface area contributed by atoms with Crippen molar-refractivity contribution >= 4 is 5.91 Å². The van der Waals surface area contributed by atoms with Crippen LogP contribution < -0.4 is 10.5 Å². The molecule has 4 rings (SSSR count). The van der Waals surface area contributed by atoms with Crippen LogP contribution in [0.3, 0.4) is 0 Å². The van der Waals surface area contributed by atoms with E-state index in [1.165, 1.54) is 0 Å². The molecule has 0 radical (unpaired) electrons. The average Bonchev–Trinajstić information content (AvgIpc) is 3.16. The fraction of sp³-hybridized carbons (Fsp3) is 0.263. The van der Waals surface area contributed by atoms with Gasteiger partial charge in [0.1, 0.15) is 18.1 Å². The van der Waals surface area contributed by atoms with Gasteiger partial charge in [0.2, 0.25) is 5.89 Å². The lowest BCUT2D eigenvalue weighted by Gasteiger charge is -2.25. The van der Waals surface area contributed by atoms with Crippen LogP contribution in [0.15, 0.2) is 47.3 Å². The van der Waals surface area contributed by atoms with Crippen LogP contribution in [-0.2, 0) is 13.0 Å². The molecule has 0 atom stereocenters. The zero-order chi connectivity index (χ0) is 18.6. The molecule has 0 aliphatic carbocycles. The third-order valence-electron chi connectivity index (χ3n) is 4.27. The van der Waals surface area contributed by atoms with Gasteiger partial charge in [0, 0.05) is 38.1 Å². The second-order valence-electron chi connectivity index (χ2n) is 6.09. The van der Waals surface area contributed by atoms with E-state index in [1.807, 2.05) is 12.1 Å². The van der Waals surface area contributed by atoms with Crippen molar-refractivity contribution in [3.8, 4) is 17.2 Å². The third-order valence-corrected chi connectivity index (χ3v) is 4.27. The first-order valence-corrected chi connectivity index (χ1v) is 8.72. The monoisotopic (exact) mass is 365 g/mol. The molecule has 1 amide bonds. The number of pyridine rings is 2. The largest absolute Gasteiger partial charge is 0.490 e. The first kappa shape index (κ1) is 17.2. The minimum absolute atomic E-state index is 0.195. The SMILES string of the molecule is NCCOc1cccnc1C(=O)N1CCc2oc(-c3cccnc3)nc2C1. The third kappa shape index (κ3) is 3.52. The van der Waals surface area contributed by atoms with E-state index in [0.717, 1.165) is 17.0 Å². The summed E-state index contributed by atoms with van der Waals surface area (Å²) in [6, 6.07) is 7.18. The van der Waals surface area contributed by atoms with Gasteiger partial charge < -0.3 is 19.8 Å². The maximum atomic E-state index is 13.0. The van der Waals surface area contributed by atoms with E-state index in [9.17, 15) is 4.79 Å².